The van der Waals surface area contributed by atoms with Crippen molar-refractivity contribution in [3.63, 3.8) is 0 Å². The number of hydrogen-bond donors (Lipinski definition) is 2. The van der Waals surface area contributed by atoms with E-state index < -0.39 is 0 Å². The molecule has 2 aromatic carbocycles. The molecule has 0 amide bonds. The van der Waals surface area contributed by atoms with Gasteiger partial charge in [0.15, 0.2) is 5.11 Å². The average Bonchev–Trinajstić information content (AvgIpc) is 2.52. The van der Waals surface area contributed by atoms with Crippen molar-refractivity contribution in [1.82, 2.24) is 0 Å². The fourth-order valence-electron chi connectivity index (χ4n) is 1.77. The first-order valence-electron chi connectivity index (χ1n) is 6.80. The Hall–Kier alpha value is -1.82. The SMILES string of the molecule is CCOC(=O)c1ccc(NC(=S)Nc2ccc(Cl)c(Cl)c2)cc1. The lowest BCUT2D eigenvalue weighted by Crippen LogP contribution is -2.19. The zero-order valence-electron chi connectivity index (χ0n) is 12.2. The van der Waals surface area contributed by atoms with Crippen LogP contribution in [0.2, 0.25) is 10.0 Å². The molecular weight excluding hydrogens is 355 g/mol. The lowest BCUT2D eigenvalue weighted by molar-refractivity contribution is 0.0526. The van der Waals surface area contributed by atoms with Crippen LogP contribution in [-0.2, 0) is 4.74 Å². The summed E-state index contributed by atoms with van der Waals surface area (Å²) < 4.78 is 4.93. The molecule has 23 heavy (non-hydrogen) atoms. The van der Waals surface area contributed by atoms with Gasteiger partial charge < -0.3 is 15.4 Å². The minimum atomic E-state index is -0.351. The van der Waals surface area contributed by atoms with Gasteiger partial charge in [0, 0.05) is 11.4 Å². The number of esters is 1. The molecule has 0 aromatic heterocycles. The molecule has 0 aliphatic heterocycles. The molecule has 0 heterocycles. The van der Waals surface area contributed by atoms with E-state index in [4.69, 9.17) is 40.2 Å². The predicted octanol–water partition coefficient (Wildman–Crippen LogP) is 4.98. The third kappa shape index (κ3) is 5.10. The van der Waals surface area contributed by atoms with E-state index in [0.29, 0.717) is 27.3 Å². The molecule has 0 fully saturated rings. The number of rotatable bonds is 4. The maximum atomic E-state index is 11.6. The van der Waals surface area contributed by atoms with Crippen LogP contribution in [0.25, 0.3) is 0 Å². The van der Waals surface area contributed by atoms with E-state index in [-0.39, 0.29) is 5.97 Å². The average molecular weight is 369 g/mol. The van der Waals surface area contributed by atoms with Gasteiger partial charge in [-0.15, -0.1) is 0 Å². The molecule has 0 radical (unpaired) electrons. The number of benzene rings is 2. The van der Waals surface area contributed by atoms with Gasteiger partial charge in [0.2, 0.25) is 0 Å². The number of anilines is 2. The van der Waals surface area contributed by atoms with Crippen LogP contribution < -0.4 is 10.6 Å². The Morgan fingerprint density at radius 2 is 1.65 bits per heavy atom. The minimum Gasteiger partial charge on any atom is -0.462 e. The second-order valence-electron chi connectivity index (χ2n) is 4.51. The van der Waals surface area contributed by atoms with Crippen LogP contribution in [0.3, 0.4) is 0 Å². The maximum absolute atomic E-state index is 11.6. The Kier molecular flexibility index (Phi) is 6.21. The van der Waals surface area contributed by atoms with E-state index >= 15 is 0 Å². The normalized spacial score (nSPS) is 10.0. The molecule has 2 N–H and O–H groups in total. The lowest BCUT2D eigenvalue weighted by Gasteiger charge is -2.11. The van der Waals surface area contributed by atoms with Gasteiger partial charge >= 0.3 is 5.97 Å². The summed E-state index contributed by atoms with van der Waals surface area (Å²) in [7, 11) is 0. The molecule has 0 atom stereocenters. The summed E-state index contributed by atoms with van der Waals surface area (Å²) in [5.41, 5.74) is 1.96. The van der Waals surface area contributed by atoms with E-state index in [0.717, 1.165) is 11.4 Å². The number of carbonyl (C=O) groups is 1. The fourth-order valence-corrected chi connectivity index (χ4v) is 2.31. The summed E-state index contributed by atoms with van der Waals surface area (Å²) in [6.45, 7) is 2.11. The Balaban J connectivity index is 1.97. The fraction of sp³-hybridized carbons (Fsp3) is 0.125. The topological polar surface area (TPSA) is 50.4 Å². The molecule has 0 aliphatic rings. The van der Waals surface area contributed by atoms with Crippen LogP contribution in [0.5, 0.6) is 0 Å². The highest BCUT2D eigenvalue weighted by Gasteiger charge is 2.06. The van der Waals surface area contributed by atoms with Crippen LogP contribution in [-0.4, -0.2) is 17.7 Å². The molecule has 0 saturated carbocycles. The molecule has 0 spiro atoms. The monoisotopic (exact) mass is 368 g/mol. The largest absolute Gasteiger partial charge is 0.462 e. The highest BCUT2D eigenvalue weighted by molar-refractivity contribution is 7.80. The Morgan fingerprint density at radius 1 is 1.04 bits per heavy atom. The highest BCUT2D eigenvalue weighted by atomic mass is 35.5. The van der Waals surface area contributed by atoms with Crippen LogP contribution in [0.4, 0.5) is 11.4 Å². The van der Waals surface area contributed by atoms with Crippen molar-refractivity contribution >= 4 is 57.9 Å². The molecule has 0 unspecified atom stereocenters. The van der Waals surface area contributed by atoms with Gasteiger partial charge in [-0.2, -0.15) is 0 Å². The molecule has 7 heteroatoms. The summed E-state index contributed by atoms with van der Waals surface area (Å²) in [6.07, 6.45) is 0. The van der Waals surface area contributed by atoms with Crippen molar-refractivity contribution in [2.24, 2.45) is 0 Å². The quantitative estimate of drug-likeness (QED) is 0.588. The van der Waals surface area contributed by atoms with Gasteiger partial charge in [-0.3, -0.25) is 0 Å². The molecule has 120 valence electrons. The van der Waals surface area contributed by atoms with Gasteiger partial charge in [0.25, 0.3) is 0 Å². The predicted molar refractivity (Wildman–Crippen MR) is 98.7 cm³/mol. The smallest absolute Gasteiger partial charge is 0.338 e. The number of hydrogen-bond acceptors (Lipinski definition) is 3. The second kappa shape index (κ2) is 8.15. The van der Waals surface area contributed by atoms with Crippen molar-refractivity contribution < 1.29 is 9.53 Å². The van der Waals surface area contributed by atoms with Crippen LogP contribution >= 0.6 is 35.4 Å². The van der Waals surface area contributed by atoms with E-state index in [1.807, 2.05) is 0 Å². The van der Waals surface area contributed by atoms with Crippen LogP contribution in [0.15, 0.2) is 42.5 Å². The first-order chi connectivity index (χ1) is 11.0. The number of halogens is 2. The third-order valence-electron chi connectivity index (χ3n) is 2.83. The van der Waals surface area contributed by atoms with Crippen molar-refractivity contribution in [1.29, 1.82) is 0 Å². The zero-order chi connectivity index (χ0) is 16.8. The van der Waals surface area contributed by atoms with Crippen molar-refractivity contribution in [3.05, 3.63) is 58.1 Å². The third-order valence-corrected chi connectivity index (χ3v) is 3.77. The summed E-state index contributed by atoms with van der Waals surface area (Å²) >= 11 is 17.0. The highest BCUT2D eigenvalue weighted by Crippen LogP contribution is 2.25. The molecule has 0 saturated heterocycles. The molecule has 0 aliphatic carbocycles. The summed E-state index contributed by atoms with van der Waals surface area (Å²) in [4.78, 5) is 11.6. The second-order valence-corrected chi connectivity index (χ2v) is 5.73. The summed E-state index contributed by atoms with van der Waals surface area (Å²) in [6, 6.07) is 12.0. The zero-order valence-corrected chi connectivity index (χ0v) is 14.6. The molecule has 2 rings (SSSR count). The van der Waals surface area contributed by atoms with Crippen LogP contribution in [0, 0.1) is 0 Å². The molecular formula is C16H14Cl2N2O2S. The van der Waals surface area contributed by atoms with Gasteiger partial charge in [-0.25, -0.2) is 4.79 Å². The number of ether oxygens (including phenoxy) is 1. The van der Waals surface area contributed by atoms with Crippen molar-refractivity contribution in [2.75, 3.05) is 17.2 Å². The minimum absolute atomic E-state index is 0.344. The van der Waals surface area contributed by atoms with Gasteiger partial charge in [0.1, 0.15) is 0 Å². The Bertz CT molecular complexity index is 721. The Labute approximate surface area is 149 Å². The lowest BCUT2D eigenvalue weighted by atomic mass is 10.2. The Morgan fingerprint density at radius 3 is 2.26 bits per heavy atom. The van der Waals surface area contributed by atoms with Crippen molar-refractivity contribution in [2.45, 2.75) is 6.92 Å². The van der Waals surface area contributed by atoms with Gasteiger partial charge in [-0.1, -0.05) is 23.2 Å². The molecule has 0 bridgehead atoms. The number of thiocarbonyl (C=S) groups is 1. The summed E-state index contributed by atoms with van der Waals surface area (Å²) in [5, 5.41) is 7.33. The van der Waals surface area contributed by atoms with Crippen LogP contribution in [0.1, 0.15) is 17.3 Å². The number of nitrogens with one attached hydrogen (secondary N) is 2. The molecule has 2 aromatic rings. The first kappa shape index (κ1) is 17.5. The standard InChI is InChI=1S/C16H14Cl2N2O2S/c1-2-22-15(21)10-3-5-11(6-4-10)19-16(23)20-12-7-8-13(17)14(18)9-12/h3-9H,2H2,1H3,(H2,19,20,23). The number of carbonyl (C=O) groups excluding carboxylic acids is 1. The maximum Gasteiger partial charge on any atom is 0.338 e. The van der Waals surface area contributed by atoms with E-state index in [2.05, 4.69) is 10.6 Å². The van der Waals surface area contributed by atoms with E-state index in [9.17, 15) is 4.79 Å². The van der Waals surface area contributed by atoms with Crippen molar-refractivity contribution in [3.8, 4) is 0 Å². The molecule has 4 nitrogen and oxygen atoms in total. The van der Waals surface area contributed by atoms with E-state index in [1.54, 1.807) is 49.4 Å². The van der Waals surface area contributed by atoms with Gasteiger partial charge in [0.05, 0.1) is 22.2 Å². The van der Waals surface area contributed by atoms with E-state index in [1.165, 1.54) is 0 Å². The van der Waals surface area contributed by atoms with Gasteiger partial charge in [-0.05, 0) is 61.6 Å². The summed E-state index contributed by atoms with van der Waals surface area (Å²) in [5.74, 6) is -0.351. The first-order valence-corrected chi connectivity index (χ1v) is 7.96.